The standard InChI is InChI=1S/C15H17Cl2N3O2S/c1-9(2)13-14(20(8-19-13)3-4-22-15(18)21)23-12-6-10(16)5-11(17)7-12/h5-9H,3-4H2,1-2H3,(H2,18,21). The number of nitrogens with two attached hydrogens (primary N) is 1. The number of carbonyl (C=O) groups excluding carboxylic acids is 1. The first-order chi connectivity index (χ1) is 10.9. The minimum Gasteiger partial charge on any atom is -0.448 e. The minimum absolute atomic E-state index is 0.188. The monoisotopic (exact) mass is 373 g/mol. The summed E-state index contributed by atoms with van der Waals surface area (Å²) in [6, 6.07) is 5.38. The van der Waals surface area contributed by atoms with E-state index in [0.29, 0.717) is 16.6 Å². The lowest BCUT2D eigenvalue weighted by molar-refractivity contribution is 0.151. The Hall–Kier alpha value is -1.37. The summed E-state index contributed by atoms with van der Waals surface area (Å²) in [4.78, 5) is 16.1. The van der Waals surface area contributed by atoms with Crippen molar-refractivity contribution in [3.8, 4) is 0 Å². The van der Waals surface area contributed by atoms with Gasteiger partial charge in [0.1, 0.15) is 11.6 Å². The number of aromatic nitrogens is 2. The van der Waals surface area contributed by atoms with E-state index < -0.39 is 6.09 Å². The van der Waals surface area contributed by atoms with Crippen LogP contribution in [0.15, 0.2) is 34.4 Å². The molecule has 2 aromatic rings. The molecule has 124 valence electrons. The second kappa shape index (κ2) is 7.95. The zero-order valence-corrected chi connectivity index (χ0v) is 15.1. The van der Waals surface area contributed by atoms with Gasteiger partial charge in [0, 0.05) is 14.9 Å². The van der Waals surface area contributed by atoms with Crippen LogP contribution in [0.2, 0.25) is 10.0 Å². The zero-order valence-electron chi connectivity index (χ0n) is 12.8. The normalized spacial score (nSPS) is 11.0. The molecule has 0 aliphatic heterocycles. The van der Waals surface area contributed by atoms with Crippen LogP contribution in [0.25, 0.3) is 0 Å². The molecule has 0 aliphatic rings. The van der Waals surface area contributed by atoms with Gasteiger partial charge in [0.15, 0.2) is 0 Å². The van der Waals surface area contributed by atoms with E-state index in [1.165, 1.54) is 11.8 Å². The third-order valence-corrected chi connectivity index (χ3v) is 4.54. The summed E-state index contributed by atoms with van der Waals surface area (Å²) in [6.07, 6.45) is 0.943. The molecule has 0 atom stereocenters. The number of imidazole rings is 1. The van der Waals surface area contributed by atoms with Crippen molar-refractivity contribution in [3.05, 3.63) is 40.3 Å². The Morgan fingerprint density at radius 1 is 1.35 bits per heavy atom. The fourth-order valence-electron chi connectivity index (χ4n) is 2.00. The molecule has 1 heterocycles. The van der Waals surface area contributed by atoms with Crippen LogP contribution in [0.3, 0.4) is 0 Å². The van der Waals surface area contributed by atoms with E-state index in [1.807, 2.05) is 16.7 Å². The third kappa shape index (κ3) is 5.06. The van der Waals surface area contributed by atoms with Gasteiger partial charge < -0.3 is 15.0 Å². The number of nitrogens with zero attached hydrogens (tertiary/aromatic N) is 2. The number of carbonyl (C=O) groups is 1. The summed E-state index contributed by atoms with van der Waals surface area (Å²) in [7, 11) is 0. The van der Waals surface area contributed by atoms with E-state index >= 15 is 0 Å². The van der Waals surface area contributed by atoms with E-state index in [2.05, 4.69) is 18.8 Å². The summed E-state index contributed by atoms with van der Waals surface area (Å²) in [5.41, 5.74) is 5.95. The van der Waals surface area contributed by atoms with Gasteiger partial charge in [0.2, 0.25) is 0 Å². The van der Waals surface area contributed by atoms with Gasteiger partial charge in [-0.2, -0.15) is 0 Å². The number of rotatable bonds is 6. The Morgan fingerprint density at radius 3 is 2.57 bits per heavy atom. The van der Waals surface area contributed by atoms with E-state index in [9.17, 15) is 4.79 Å². The molecular weight excluding hydrogens is 357 g/mol. The summed E-state index contributed by atoms with van der Waals surface area (Å²) in [6.45, 7) is 4.80. The van der Waals surface area contributed by atoms with E-state index in [4.69, 9.17) is 33.7 Å². The Labute approximate surface area is 149 Å². The summed E-state index contributed by atoms with van der Waals surface area (Å²) in [5, 5.41) is 2.12. The lowest BCUT2D eigenvalue weighted by atomic mass is 10.1. The van der Waals surface area contributed by atoms with Crippen LogP contribution in [0, 0.1) is 0 Å². The van der Waals surface area contributed by atoms with Gasteiger partial charge in [0.05, 0.1) is 18.6 Å². The Balaban J connectivity index is 2.26. The van der Waals surface area contributed by atoms with E-state index in [1.54, 1.807) is 12.4 Å². The van der Waals surface area contributed by atoms with Crippen molar-refractivity contribution in [1.29, 1.82) is 0 Å². The van der Waals surface area contributed by atoms with Crippen molar-refractivity contribution in [1.82, 2.24) is 9.55 Å². The van der Waals surface area contributed by atoms with Crippen LogP contribution < -0.4 is 5.73 Å². The van der Waals surface area contributed by atoms with Crippen LogP contribution in [0.4, 0.5) is 4.79 Å². The maximum absolute atomic E-state index is 10.7. The van der Waals surface area contributed by atoms with Gasteiger partial charge in [-0.3, -0.25) is 0 Å². The van der Waals surface area contributed by atoms with Gasteiger partial charge in [-0.15, -0.1) is 0 Å². The number of hydrogen-bond donors (Lipinski definition) is 1. The van der Waals surface area contributed by atoms with Crippen molar-refractivity contribution in [2.45, 2.75) is 36.2 Å². The molecule has 5 nitrogen and oxygen atoms in total. The van der Waals surface area contributed by atoms with Gasteiger partial charge in [-0.1, -0.05) is 48.8 Å². The Morgan fingerprint density at radius 2 is 2.00 bits per heavy atom. The van der Waals surface area contributed by atoms with Gasteiger partial charge in [0.25, 0.3) is 0 Å². The lowest BCUT2D eigenvalue weighted by Gasteiger charge is -2.11. The molecular formula is C15H17Cl2N3O2S. The fourth-order valence-corrected chi connectivity index (χ4v) is 3.90. The van der Waals surface area contributed by atoms with E-state index in [-0.39, 0.29) is 12.5 Å². The van der Waals surface area contributed by atoms with Crippen LogP contribution >= 0.6 is 35.0 Å². The van der Waals surface area contributed by atoms with Crippen molar-refractivity contribution >= 4 is 41.1 Å². The third-order valence-electron chi connectivity index (χ3n) is 2.99. The summed E-state index contributed by atoms with van der Waals surface area (Å²) in [5.74, 6) is 0.255. The molecule has 0 saturated heterocycles. The van der Waals surface area contributed by atoms with E-state index in [0.717, 1.165) is 15.6 Å². The molecule has 0 radical (unpaired) electrons. The number of halogens is 2. The molecule has 0 aliphatic carbocycles. The van der Waals surface area contributed by atoms with Crippen molar-refractivity contribution in [3.63, 3.8) is 0 Å². The molecule has 0 spiro atoms. The summed E-state index contributed by atoms with van der Waals surface area (Å²) >= 11 is 13.6. The highest BCUT2D eigenvalue weighted by molar-refractivity contribution is 7.99. The first-order valence-electron chi connectivity index (χ1n) is 6.98. The van der Waals surface area contributed by atoms with Gasteiger partial charge in [-0.25, -0.2) is 9.78 Å². The molecule has 1 amide bonds. The molecule has 0 unspecified atom stereocenters. The predicted molar refractivity (Wildman–Crippen MR) is 92.4 cm³/mol. The largest absolute Gasteiger partial charge is 0.448 e. The highest BCUT2D eigenvalue weighted by atomic mass is 35.5. The smallest absolute Gasteiger partial charge is 0.404 e. The topological polar surface area (TPSA) is 70.1 Å². The SMILES string of the molecule is CC(C)c1ncn(CCOC(N)=O)c1Sc1cc(Cl)cc(Cl)c1. The van der Waals surface area contributed by atoms with Crippen LogP contribution in [-0.4, -0.2) is 22.3 Å². The van der Waals surface area contributed by atoms with Crippen LogP contribution in [0.5, 0.6) is 0 Å². The van der Waals surface area contributed by atoms with Crippen molar-refractivity contribution in [2.24, 2.45) is 5.73 Å². The molecule has 8 heteroatoms. The molecule has 0 saturated carbocycles. The van der Waals surface area contributed by atoms with Gasteiger partial charge >= 0.3 is 6.09 Å². The molecule has 0 fully saturated rings. The quantitative estimate of drug-likeness (QED) is 0.805. The molecule has 2 N–H and O–H groups in total. The average molecular weight is 374 g/mol. The molecule has 1 aromatic heterocycles. The lowest BCUT2D eigenvalue weighted by Crippen LogP contribution is -2.16. The Bertz CT molecular complexity index is 684. The highest BCUT2D eigenvalue weighted by Gasteiger charge is 2.16. The Kier molecular flexibility index (Phi) is 6.21. The number of benzene rings is 1. The summed E-state index contributed by atoms with van der Waals surface area (Å²) < 4.78 is 6.73. The first kappa shape index (κ1) is 18.0. The maximum Gasteiger partial charge on any atom is 0.404 e. The maximum atomic E-state index is 10.7. The minimum atomic E-state index is -0.787. The van der Waals surface area contributed by atoms with Crippen molar-refractivity contribution < 1.29 is 9.53 Å². The second-order valence-corrected chi connectivity index (χ2v) is 7.09. The zero-order chi connectivity index (χ0) is 17.0. The van der Waals surface area contributed by atoms with Gasteiger partial charge in [-0.05, 0) is 24.1 Å². The van der Waals surface area contributed by atoms with Crippen LogP contribution in [-0.2, 0) is 11.3 Å². The average Bonchev–Trinajstić information content (AvgIpc) is 2.80. The first-order valence-corrected chi connectivity index (χ1v) is 8.55. The molecule has 1 aromatic carbocycles. The number of amides is 1. The molecule has 23 heavy (non-hydrogen) atoms. The number of ether oxygens (including phenoxy) is 1. The number of hydrogen-bond acceptors (Lipinski definition) is 4. The van der Waals surface area contributed by atoms with Crippen LogP contribution in [0.1, 0.15) is 25.5 Å². The second-order valence-electron chi connectivity index (χ2n) is 5.16. The predicted octanol–water partition coefficient (Wildman–Crippen LogP) is 4.56. The van der Waals surface area contributed by atoms with Crippen molar-refractivity contribution in [2.75, 3.05) is 6.61 Å². The number of primary amides is 1. The molecule has 0 bridgehead atoms. The fraction of sp³-hybridized carbons (Fsp3) is 0.333. The molecule has 2 rings (SSSR count). The highest BCUT2D eigenvalue weighted by Crippen LogP contribution is 2.36.